The van der Waals surface area contributed by atoms with E-state index in [0.717, 1.165) is 58.7 Å². The van der Waals surface area contributed by atoms with Crippen LogP contribution >= 0.6 is 11.3 Å². The molecule has 4 aromatic heterocycles. The van der Waals surface area contributed by atoms with Gasteiger partial charge < -0.3 is 34.3 Å². The molecule has 2 saturated heterocycles. The lowest BCUT2D eigenvalue weighted by molar-refractivity contribution is -0.141. The first-order chi connectivity index (χ1) is 28.9. The van der Waals surface area contributed by atoms with Gasteiger partial charge in [-0.3, -0.25) is 14.5 Å². The van der Waals surface area contributed by atoms with Gasteiger partial charge in [0, 0.05) is 49.8 Å². The third kappa shape index (κ3) is 8.51. The van der Waals surface area contributed by atoms with E-state index in [2.05, 4.69) is 48.2 Å². The standard InChI is InChI=1S/C45H52N8O6S/c1-26(2)42(45(57)53-24-32(54)20-38(53)44(56)47-27(3)29-10-12-31(13-11-29)43-28(4)46-25-60-43)40-23-41(50-59-40)58-19-18-52-16-14-30(15-17-52)36-22-35-37(51(36)5)21-34(48-49-35)33-8-6-7-9-39(33)55/h6-13,21-23,25-27,30,32,38,42,54-55H,14-20,24H2,1-5H3,(H,47,56)/t27-,32?,38?,42+/m0/s1. The number of likely N-dealkylation sites (tertiary alicyclic amines) is 2. The minimum atomic E-state index is -0.824. The number of amides is 2. The summed E-state index contributed by atoms with van der Waals surface area (Å²) >= 11 is 1.59. The number of hydrogen-bond donors (Lipinski definition) is 3. The molecule has 60 heavy (non-hydrogen) atoms. The van der Waals surface area contributed by atoms with E-state index in [1.807, 2.05) is 75.7 Å². The van der Waals surface area contributed by atoms with Gasteiger partial charge in [0.05, 0.1) is 39.4 Å². The second-order valence-electron chi connectivity index (χ2n) is 16.4. The van der Waals surface area contributed by atoms with Crippen LogP contribution in [0.25, 0.3) is 32.7 Å². The number of aromatic hydroxyl groups is 1. The normalized spacial score (nSPS) is 18.6. The highest BCUT2D eigenvalue weighted by Crippen LogP contribution is 2.36. The number of nitrogens with zero attached hydrogens (tertiary/aromatic N) is 7. The zero-order valence-corrected chi connectivity index (χ0v) is 35.4. The molecular weight excluding hydrogens is 781 g/mol. The molecule has 0 bridgehead atoms. The lowest BCUT2D eigenvalue weighted by atomic mass is 9.91. The smallest absolute Gasteiger partial charge is 0.254 e. The number of carbonyl (C=O) groups is 2. The summed E-state index contributed by atoms with van der Waals surface area (Å²) in [4.78, 5) is 37.2. The van der Waals surface area contributed by atoms with Crippen molar-refractivity contribution in [2.24, 2.45) is 13.0 Å². The molecule has 6 heterocycles. The third-order valence-electron chi connectivity index (χ3n) is 12.1. The number of nitrogens with one attached hydrogen (secondary N) is 1. The number of β-amino-alcohol motifs (C(OH)–C–C–N with tert-alkyl or cyclic N) is 1. The summed E-state index contributed by atoms with van der Waals surface area (Å²) in [6.07, 6.45) is 1.30. The number of aliphatic hydroxyl groups excluding tert-OH is 1. The molecular formula is C45H52N8O6S. The van der Waals surface area contributed by atoms with Gasteiger partial charge in [-0.05, 0) is 86.2 Å². The molecule has 2 fully saturated rings. The van der Waals surface area contributed by atoms with E-state index in [9.17, 15) is 19.8 Å². The van der Waals surface area contributed by atoms with Gasteiger partial charge in [-0.25, -0.2) is 4.98 Å². The minimum absolute atomic E-state index is 0.0563. The Morgan fingerprint density at radius 3 is 2.52 bits per heavy atom. The Kier molecular flexibility index (Phi) is 12.0. The molecule has 14 nitrogen and oxygen atoms in total. The molecule has 2 aromatic carbocycles. The van der Waals surface area contributed by atoms with E-state index < -0.39 is 18.1 Å². The number of ether oxygens (including phenoxy) is 1. The number of hydrogen-bond acceptors (Lipinski definition) is 12. The Bertz CT molecular complexity index is 2450. The fourth-order valence-corrected chi connectivity index (χ4v) is 9.50. The molecule has 2 aliphatic heterocycles. The predicted octanol–water partition coefficient (Wildman–Crippen LogP) is 6.60. The zero-order chi connectivity index (χ0) is 42.1. The number of benzene rings is 2. The first kappa shape index (κ1) is 41.1. The molecule has 2 amide bonds. The zero-order valence-electron chi connectivity index (χ0n) is 34.6. The third-order valence-corrected chi connectivity index (χ3v) is 13.0. The highest BCUT2D eigenvalue weighted by atomic mass is 32.1. The van der Waals surface area contributed by atoms with Crippen LogP contribution in [0.3, 0.4) is 0 Å². The summed E-state index contributed by atoms with van der Waals surface area (Å²) in [6.45, 7) is 10.7. The van der Waals surface area contributed by atoms with E-state index in [4.69, 9.17) is 9.26 Å². The van der Waals surface area contributed by atoms with Crippen molar-refractivity contribution in [1.82, 2.24) is 40.0 Å². The summed E-state index contributed by atoms with van der Waals surface area (Å²) in [6, 6.07) is 19.9. The molecule has 2 aliphatic rings. The highest BCUT2D eigenvalue weighted by molar-refractivity contribution is 7.13. The van der Waals surface area contributed by atoms with Gasteiger partial charge in [-0.2, -0.15) is 0 Å². The average molecular weight is 833 g/mol. The van der Waals surface area contributed by atoms with Crippen LogP contribution in [0.4, 0.5) is 0 Å². The SMILES string of the molecule is Cc1ncsc1-c1ccc([C@H](C)NC(=O)C2CC(O)CN2C(=O)[C@@H](c2cc(OCCN3CCC(c4cc5nnc(-c6ccccc6O)cc5n4C)CC3)no2)C(C)C)cc1. The van der Waals surface area contributed by atoms with Crippen LogP contribution in [0.2, 0.25) is 0 Å². The molecule has 6 aromatic rings. The maximum atomic E-state index is 14.2. The van der Waals surface area contributed by atoms with Crippen LogP contribution in [0.5, 0.6) is 11.6 Å². The van der Waals surface area contributed by atoms with Gasteiger partial charge in [0.15, 0.2) is 5.76 Å². The maximum absolute atomic E-state index is 14.2. The Hall–Kier alpha value is -5.64. The highest BCUT2D eigenvalue weighted by Gasteiger charge is 2.43. The van der Waals surface area contributed by atoms with Gasteiger partial charge in [0.1, 0.15) is 29.8 Å². The molecule has 8 rings (SSSR count). The second-order valence-corrected chi connectivity index (χ2v) is 17.3. The van der Waals surface area contributed by atoms with Gasteiger partial charge in [0.2, 0.25) is 11.8 Å². The average Bonchev–Trinajstić information content (AvgIpc) is 4.05. The van der Waals surface area contributed by atoms with Crippen LogP contribution < -0.4 is 10.1 Å². The second kappa shape index (κ2) is 17.5. The molecule has 3 N–H and O–H groups in total. The monoisotopic (exact) mass is 832 g/mol. The quantitative estimate of drug-likeness (QED) is 0.115. The van der Waals surface area contributed by atoms with Crippen molar-refractivity contribution in [3.8, 4) is 33.3 Å². The Balaban J connectivity index is 0.839. The molecule has 0 aliphatic carbocycles. The molecule has 0 radical (unpaired) electrons. The summed E-state index contributed by atoms with van der Waals surface area (Å²) in [7, 11) is 2.06. The number of para-hydroxylation sites is 1. The Morgan fingerprint density at radius 2 is 1.80 bits per heavy atom. The van der Waals surface area contributed by atoms with Crippen molar-refractivity contribution >= 4 is 34.2 Å². The number of rotatable bonds is 13. The number of thiazole rings is 1. The molecule has 314 valence electrons. The number of phenolic OH excluding ortho intramolecular Hbond substituents is 1. The number of aryl methyl sites for hydroxylation is 2. The minimum Gasteiger partial charge on any atom is -0.507 e. The molecule has 4 atom stereocenters. The van der Waals surface area contributed by atoms with Crippen LogP contribution in [-0.4, -0.2) is 102 Å². The lowest BCUT2D eigenvalue weighted by Crippen LogP contribution is -2.48. The van der Waals surface area contributed by atoms with Gasteiger partial charge >= 0.3 is 0 Å². The largest absolute Gasteiger partial charge is 0.507 e. The summed E-state index contributed by atoms with van der Waals surface area (Å²) in [5, 5.41) is 37.1. The number of aliphatic hydroxyl groups is 1. The molecule has 0 saturated carbocycles. The number of carbonyl (C=O) groups excluding carboxylic acids is 2. The number of fused-ring (bicyclic) bond motifs is 1. The van der Waals surface area contributed by atoms with Crippen molar-refractivity contribution in [3.05, 3.63) is 95.0 Å². The number of piperidine rings is 1. The van der Waals surface area contributed by atoms with E-state index in [0.29, 0.717) is 42.0 Å². The summed E-state index contributed by atoms with van der Waals surface area (Å²) in [5.41, 5.74) is 9.16. The Morgan fingerprint density at radius 1 is 1.03 bits per heavy atom. The predicted molar refractivity (Wildman–Crippen MR) is 229 cm³/mol. The first-order valence-electron chi connectivity index (χ1n) is 20.7. The molecule has 15 heteroatoms. The van der Waals surface area contributed by atoms with E-state index >= 15 is 0 Å². The van der Waals surface area contributed by atoms with E-state index in [-0.39, 0.29) is 42.5 Å². The van der Waals surface area contributed by atoms with Gasteiger partial charge in [-0.15, -0.1) is 21.5 Å². The van der Waals surface area contributed by atoms with Crippen LogP contribution in [-0.2, 0) is 16.6 Å². The van der Waals surface area contributed by atoms with Crippen LogP contribution in [0, 0.1) is 12.8 Å². The number of aromatic nitrogens is 5. The van der Waals surface area contributed by atoms with Crippen molar-refractivity contribution in [2.45, 2.75) is 77.0 Å². The molecule has 0 spiro atoms. The molecule has 2 unspecified atom stereocenters. The number of phenols is 1. The van der Waals surface area contributed by atoms with Crippen LogP contribution in [0.15, 0.2) is 76.8 Å². The van der Waals surface area contributed by atoms with Crippen molar-refractivity contribution in [3.63, 3.8) is 0 Å². The van der Waals surface area contributed by atoms with Crippen molar-refractivity contribution < 1.29 is 29.1 Å². The first-order valence-corrected chi connectivity index (χ1v) is 21.6. The topological polar surface area (TPSA) is 172 Å². The van der Waals surface area contributed by atoms with E-state index in [1.54, 1.807) is 29.5 Å². The summed E-state index contributed by atoms with van der Waals surface area (Å²) in [5.74, 6) is -0.269. The van der Waals surface area contributed by atoms with Crippen molar-refractivity contribution in [1.29, 1.82) is 0 Å². The van der Waals surface area contributed by atoms with E-state index in [1.165, 1.54) is 10.6 Å². The van der Waals surface area contributed by atoms with Gasteiger partial charge in [0.25, 0.3) is 5.88 Å². The van der Waals surface area contributed by atoms with Crippen LogP contribution in [0.1, 0.15) is 80.6 Å². The fourth-order valence-electron chi connectivity index (χ4n) is 8.69. The lowest BCUT2D eigenvalue weighted by Gasteiger charge is -2.32. The van der Waals surface area contributed by atoms with Crippen molar-refractivity contribution in [2.75, 3.05) is 32.8 Å². The van der Waals surface area contributed by atoms with Gasteiger partial charge in [-0.1, -0.05) is 50.2 Å². The Labute approximate surface area is 353 Å². The maximum Gasteiger partial charge on any atom is 0.254 e. The summed E-state index contributed by atoms with van der Waals surface area (Å²) < 4.78 is 13.9. The fraction of sp³-hybridized carbons (Fsp3) is 0.422.